The molecule has 1 aliphatic carbocycles. The smallest absolute Gasteiger partial charge is 0.247 e. The van der Waals surface area contributed by atoms with Gasteiger partial charge in [-0.3, -0.25) is 4.79 Å². The van der Waals surface area contributed by atoms with Crippen molar-refractivity contribution in [1.29, 1.82) is 0 Å². The number of nitrogens with one attached hydrogen (secondary N) is 1. The minimum Gasteiger partial charge on any atom is -0.489 e. The van der Waals surface area contributed by atoms with Crippen molar-refractivity contribution >= 4 is 15.9 Å². The van der Waals surface area contributed by atoms with Gasteiger partial charge in [0.25, 0.3) is 0 Å². The second kappa shape index (κ2) is 8.36. The lowest BCUT2D eigenvalue weighted by Gasteiger charge is -2.42. The highest BCUT2D eigenvalue weighted by molar-refractivity contribution is 7.91. The van der Waals surface area contributed by atoms with Gasteiger partial charge in [-0.15, -0.1) is 0 Å². The summed E-state index contributed by atoms with van der Waals surface area (Å²) >= 11 is 0. The number of hydrogen-bond donors (Lipinski definition) is 1. The number of nitrogens with zero attached hydrogens (tertiary/aromatic N) is 1. The number of amides is 1. The number of para-hydroxylation sites is 1. The molecule has 2 bridgehead atoms. The summed E-state index contributed by atoms with van der Waals surface area (Å²) in [6, 6.07) is 11.2. The summed E-state index contributed by atoms with van der Waals surface area (Å²) in [7, 11) is -4.14. The topological polar surface area (TPSA) is 75.7 Å². The van der Waals surface area contributed by atoms with Crippen LogP contribution in [0.15, 0.2) is 42.5 Å². The SMILES string of the molecule is O=C1CCOc2c(F)cccc2-c2cccc(c2)CC2[C@@H](NS(=O)(=O)C3(F)CC3)CCCN12. The van der Waals surface area contributed by atoms with Gasteiger partial charge in [0.05, 0.1) is 19.1 Å². The zero-order chi connectivity index (χ0) is 23.2. The zero-order valence-corrected chi connectivity index (χ0v) is 18.9. The molecule has 1 saturated carbocycles. The number of sulfonamides is 1. The van der Waals surface area contributed by atoms with E-state index in [4.69, 9.17) is 4.74 Å². The number of alkyl halides is 1. The predicted molar refractivity (Wildman–Crippen MR) is 119 cm³/mol. The number of carbonyl (C=O) groups is 1. The number of halogens is 2. The molecule has 2 heterocycles. The maximum atomic E-state index is 14.5. The van der Waals surface area contributed by atoms with Gasteiger partial charge in [0.2, 0.25) is 20.9 Å². The monoisotopic (exact) mass is 476 g/mol. The van der Waals surface area contributed by atoms with E-state index in [0.717, 1.165) is 11.1 Å². The lowest BCUT2D eigenvalue weighted by atomic mass is 9.90. The van der Waals surface area contributed by atoms with Crippen LogP contribution in [0, 0.1) is 5.82 Å². The van der Waals surface area contributed by atoms with Crippen molar-refractivity contribution in [3.05, 3.63) is 53.8 Å². The molecule has 3 aliphatic rings. The average Bonchev–Trinajstić information content (AvgIpc) is 3.54. The molecule has 33 heavy (non-hydrogen) atoms. The van der Waals surface area contributed by atoms with Crippen LogP contribution < -0.4 is 9.46 Å². The highest BCUT2D eigenvalue weighted by Crippen LogP contribution is 2.45. The minimum atomic E-state index is -4.14. The van der Waals surface area contributed by atoms with Crippen molar-refractivity contribution in [3.8, 4) is 16.9 Å². The molecule has 0 spiro atoms. The summed E-state index contributed by atoms with van der Waals surface area (Å²) in [6.45, 7) is 0.479. The van der Waals surface area contributed by atoms with Crippen LogP contribution in [0.1, 0.15) is 37.7 Å². The number of piperidine rings is 1. The van der Waals surface area contributed by atoms with E-state index in [-0.39, 0.29) is 37.5 Å². The molecule has 1 saturated heterocycles. The first-order valence-corrected chi connectivity index (χ1v) is 12.8. The van der Waals surface area contributed by atoms with Crippen molar-refractivity contribution in [2.45, 2.75) is 55.6 Å². The van der Waals surface area contributed by atoms with Gasteiger partial charge in [0.1, 0.15) is 0 Å². The van der Waals surface area contributed by atoms with Crippen LogP contribution in [0.4, 0.5) is 8.78 Å². The van der Waals surface area contributed by atoms with E-state index in [1.807, 2.05) is 24.3 Å². The molecule has 1 unspecified atom stereocenters. The second-order valence-electron chi connectivity index (χ2n) is 9.03. The molecule has 2 aromatic carbocycles. The van der Waals surface area contributed by atoms with Crippen LogP contribution in [-0.4, -0.2) is 49.5 Å². The van der Waals surface area contributed by atoms with Crippen molar-refractivity contribution in [3.63, 3.8) is 0 Å². The number of ether oxygens (including phenoxy) is 1. The molecule has 2 atom stereocenters. The van der Waals surface area contributed by atoms with E-state index >= 15 is 0 Å². The summed E-state index contributed by atoms with van der Waals surface area (Å²) in [4.78, 5) is 14.8. The lowest BCUT2D eigenvalue weighted by molar-refractivity contribution is -0.136. The molecule has 6 nitrogen and oxygen atoms in total. The third-order valence-corrected chi connectivity index (χ3v) is 8.73. The Labute approximate surface area is 192 Å². The maximum Gasteiger partial charge on any atom is 0.247 e. The molecule has 5 rings (SSSR count). The Morgan fingerprint density at radius 1 is 1.15 bits per heavy atom. The molecular formula is C24H26F2N2O4S. The number of rotatable bonds is 3. The van der Waals surface area contributed by atoms with Crippen molar-refractivity contribution in [2.75, 3.05) is 13.2 Å². The van der Waals surface area contributed by atoms with E-state index < -0.39 is 32.9 Å². The Kier molecular flexibility index (Phi) is 5.64. The van der Waals surface area contributed by atoms with Crippen LogP contribution in [0.5, 0.6) is 5.75 Å². The Morgan fingerprint density at radius 3 is 2.73 bits per heavy atom. The number of carbonyl (C=O) groups excluding carboxylic acids is 1. The first-order valence-electron chi connectivity index (χ1n) is 11.3. The Hall–Kier alpha value is -2.52. The summed E-state index contributed by atoms with van der Waals surface area (Å²) in [5, 5.41) is -2.20. The Morgan fingerprint density at radius 2 is 1.94 bits per heavy atom. The van der Waals surface area contributed by atoms with Gasteiger partial charge in [0.15, 0.2) is 11.6 Å². The molecule has 0 radical (unpaired) electrons. The standard InChI is InChI=1S/C24H26F2N2O4S/c25-19-7-2-6-18-17-5-1-4-16(14-17)15-21-20(27-33(30,31)24(26)10-11-24)8-3-12-28(21)22(29)9-13-32-23(18)19/h1-2,4-7,14,20-21,27H,3,8-13,15H2/t20-,21?/m0/s1. The number of hydrogen-bond acceptors (Lipinski definition) is 4. The van der Waals surface area contributed by atoms with Crippen LogP contribution >= 0.6 is 0 Å². The summed E-state index contributed by atoms with van der Waals surface area (Å²) in [6.07, 6.45) is 1.55. The van der Waals surface area contributed by atoms with Gasteiger partial charge in [-0.2, -0.15) is 0 Å². The van der Waals surface area contributed by atoms with E-state index in [2.05, 4.69) is 4.72 Å². The molecule has 176 valence electrons. The normalized spacial score (nSPS) is 24.5. The van der Waals surface area contributed by atoms with Gasteiger partial charge in [-0.25, -0.2) is 21.9 Å². The predicted octanol–water partition coefficient (Wildman–Crippen LogP) is 3.56. The molecule has 1 N–H and O–H groups in total. The summed E-state index contributed by atoms with van der Waals surface area (Å²) < 4.78 is 62.5. The fourth-order valence-electron chi connectivity index (χ4n) is 4.80. The molecule has 0 aromatic heterocycles. The summed E-state index contributed by atoms with van der Waals surface area (Å²) in [5.74, 6) is -0.575. The van der Waals surface area contributed by atoms with E-state index in [1.54, 1.807) is 17.0 Å². The third-order valence-electron chi connectivity index (χ3n) is 6.74. The lowest BCUT2D eigenvalue weighted by Crippen LogP contribution is -2.59. The van der Waals surface area contributed by atoms with E-state index in [1.165, 1.54) is 6.07 Å². The van der Waals surface area contributed by atoms with Gasteiger partial charge < -0.3 is 9.64 Å². The zero-order valence-electron chi connectivity index (χ0n) is 18.1. The average molecular weight is 477 g/mol. The van der Waals surface area contributed by atoms with E-state index in [0.29, 0.717) is 31.4 Å². The van der Waals surface area contributed by atoms with Crippen LogP contribution in [0.3, 0.4) is 0 Å². The largest absolute Gasteiger partial charge is 0.489 e. The van der Waals surface area contributed by atoms with Gasteiger partial charge >= 0.3 is 0 Å². The van der Waals surface area contributed by atoms with Gasteiger partial charge in [-0.05, 0) is 36.5 Å². The van der Waals surface area contributed by atoms with Gasteiger partial charge in [-0.1, -0.05) is 36.4 Å². The van der Waals surface area contributed by atoms with Crippen molar-refractivity contribution in [2.24, 2.45) is 0 Å². The van der Waals surface area contributed by atoms with Crippen LogP contribution in [0.25, 0.3) is 11.1 Å². The number of fused-ring (bicyclic) bond motifs is 5. The highest BCUT2D eigenvalue weighted by atomic mass is 32.2. The number of benzene rings is 2. The Balaban J connectivity index is 1.52. The van der Waals surface area contributed by atoms with Crippen LogP contribution in [-0.2, 0) is 21.2 Å². The van der Waals surface area contributed by atoms with Crippen molar-refractivity contribution in [1.82, 2.24) is 9.62 Å². The second-order valence-corrected chi connectivity index (χ2v) is 11.0. The van der Waals surface area contributed by atoms with Crippen molar-refractivity contribution < 1.29 is 26.7 Å². The van der Waals surface area contributed by atoms with Crippen LogP contribution in [0.2, 0.25) is 0 Å². The quantitative estimate of drug-likeness (QED) is 0.735. The molecule has 9 heteroatoms. The molecule has 1 amide bonds. The molecule has 2 fully saturated rings. The Bertz CT molecular complexity index is 1180. The molecule has 2 aromatic rings. The fourth-order valence-corrected chi connectivity index (χ4v) is 6.33. The minimum absolute atomic E-state index is 0.000335. The maximum absolute atomic E-state index is 14.5. The molecule has 2 aliphatic heterocycles. The fraction of sp³-hybridized carbons (Fsp3) is 0.458. The molecular weight excluding hydrogens is 450 g/mol. The third kappa shape index (κ3) is 4.24. The first kappa shape index (κ1) is 22.3. The summed E-state index contributed by atoms with van der Waals surface area (Å²) in [5.41, 5.74) is 2.24. The van der Waals surface area contributed by atoms with Gasteiger partial charge in [0, 0.05) is 31.0 Å². The van der Waals surface area contributed by atoms with E-state index in [9.17, 15) is 22.0 Å². The highest BCUT2D eigenvalue weighted by Gasteiger charge is 2.57. The first-order chi connectivity index (χ1) is 15.8.